The molecular formula is C14H17BBrNO2. The van der Waals surface area contributed by atoms with Crippen molar-refractivity contribution in [2.75, 3.05) is 0 Å². The summed E-state index contributed by atoms with van der Waals surface area (Å²) in [6, 6.07) is 8.20. The molecule has 0 amide bonds. The maximum absolute atomic E-state index is 6.05. The van der Waals surface area contributed by atoms with Crippen molar-refractivity contribution in [3.05, 3.63) is 28.7 Å². The zero-order chi connectivity index (χ0) is 13.8. The molecule has 1 aliphatic rings. The molecule has 2 aromatic rings. The van der Waals surface area contributed by atoms with E-state index < -0.39 is 0 Å². The van der Waals surface area contributed by atoms with Gasteiger partial charge in [-0.1, -0.05) is 12.1 Å². The lowest BCUT2D eigenvalue weighted by molar-refractivity contribution is 0.00578. The average molecular weight is 322 g/mol. The molecule has 2 heterocycles. The molecule has 0 aliphatic carbocycles. The minimum absolute atomic E-state index is 0.313. The predicted octanol–water partition coefficient (Wildman–Crippen LogP) is 3.23. The van der Waals surface area contributed by atoms with Crippen LogP contribution in [0.15, 0.2) is 28.7 Å². The second kappa shape index (κ2) is 4.11. The Morgan fingerprint density at radius 3 is 2.32 bits per heavy atom. The molecule has 1 aromatic carbocycles. The number of hydrogen-bond acceptors (Lipinski definition) is 2. The maximum atomic E-state index is 6.05. The summed E-state index contributed by atoms with van der Waals surface area (Å²) in [6.45, 7) is 8.24. The van der Waals surface area contributed by atoms with Crippen molar-refractivity contribution in [1.82, 2.24) is 4.98 Å². The number of para-hydroxylation sites is 1. The molecular weight excluding hydrogens is 305 g/mol. The van der Waals surface area contributed by atoms with E-state index in [9.17, 15) is 0 Å². The van der Waals surface area contributed by atoms with Gasteiger partial charge in [0.15, 0.2) is 0 Å². The van der Waals surface area contributed by atoms with Gasteiger partial charge in [0.05, 0.1) is 16.7 Å². The quantitative estimate of drug-likeness (QED) is 0.818. The van der Waals surface area contributed by atoms with E-state index in [1.165, 1.54) is 0 Å². The molecule has 1 N–H and O–H groups in total. The molecule has 1 aromatic heterocycles. The Labute approximate surface area is 121 Å². The van der Waals surface area contributed by atoms with E-state index in [1.54, 1.807) is 0 Å². The molecule has 3 nitrogen and oxygen atoms in total. The Bertz CT molecular complexity index is 619. The molecule has 5 heteroatoms. The van der Waals surface area contributed by atoms with Crippen LogP contribution in [0.5, 0.6) is 0 Å². The highest BCUT2D eigenvalue weighted by molar-refractivity contribution is 9.10. The van der Waals surface area contributed by atoms with Crippen LogP contribution in [0.25, 0.3) is 10.9 Å². The number of aromatic nitrogens is 1. The van der Waals surface area contributed by atoms with E-state index in [0.717, 1.165) is 21.0 Å². The van der Waals surface area contributed by atoms with E-state index in [2.05, 4.69) is 60.7 Å². The van der Waals surface area contributed by atoms with E-state index in [0.29, 0.717) is 0 Å². The molecule has 0 radical (unpaired) electrons. The molecule has 0 saturated carbocycles. The lowest BCUT2D eigenvalue weighted by Gasteiger charge is -2.32. The van der Waals surface area contributed by atoms with Crippen molar-refractivity contribution in [2.24, 2.45) is 0 Å². The molecule has 0 atom stereocenters. The molecule has 0 bridgehead atoms. The highest BCUT2D eigenvalue weighted by atomic mass is 79.9. The Morgan fingerprint density at radius 2 is 1.74 bits per heavy atom. The first-order chi connectivity index (χ1) is 8.80. The SMILES string of the molecule is CC1(C)OB(c2cc3cccc(Br)c3[nH]2)OC1(C)C. The van der Waals surface area contributed by atoms with Gasteiger partial charge in [-0.25, -0.2) is 0 Å². The number of fused-ring (bicyclic) bond motifs is 1. The highest BCUT2D eigenvalue weighted by Crippen LogP contribution is 2.36. The van der Waals surface area contributed by atoms with Crippen molar-refractivity contribution >= 4 is 39.5 Å². The third-order valence-electron chi connectivity index (χ3n) is 4.13. The van der Waals surface area contributed by atoms with Gasteiger partial charge in [-0.2, -0.15) is 0 Å². The van der Waals surface area contributed by atoms with E-state index in [1.807, 2.05) is 12.1 Å². The molecule has 100 valence electrons. The monoisotopic (exact) mass is 321 g/mol. The van der Waals surface area contributed by atoms with Crippen molar-refractivity contribution in [1.29, 1.82) is 0 Å². The summed E-state index contributed by atoms with van der Waals surface area (Å²) in [5, 5.41) is 1.15. The molecule has 1 fully saturated rings. The van der Waals surface area contributed by atoms with Crippen LogP contribution in [0.2, 0.25) is 0 Å². The summed E-state index contributed by atoms with van der Waals surface area (Å²) in [7, 11) is -0.343. The fourth-order valence-corrected chi connectivity index (χ4v) is 2.72. The second-order valence-electron chi connectivity index (χ2n) is 6.02. The van der Waals surface area contributed by atoms with Crippen LogP contribution in [0.4, 0.5) is 0 Å². The first-order valence-electron chi connectivity index (χ1n) is 6.43. The smallest absolute Gasteiger partial charge is 0.398 e. The molecule has 0 spiro atoms. The second-order valence-corrected chi connectivity index (χ2v) is 6.87. The van der Waals surface area contributed by atoms with Gasteiger partial charge in [-0.15, -0.1) is 0 Å². The van der Waals surface area contributed by atoms with Crippen LogP contribution in [0.3, 0.4) is 0 Å². The third-order valence-corrected chi connectivity index (χ3v) is 4.79. The summed E-state index contributed by atoms with van der Waals surface area (Å²) in [4.78, 5) is 3.38. The number of H-pyrrole nitrogens is 1. The summed E-state index contributed by atoms with van der Waals surface area (Å²) in [5.74, 6) is 0. The fraction of sp³-hybridized carbons (Fsp3) is 0.429. The van der Waals surface area contributed by atoms with Crippen LogP contribution in [-0.2, 0) is 9.31 Å². The van der Waals surface area contributed by atoms with Gasteiger partial charge in [-0.3, -0.25) is 0 Å². The summed E-state index contributed by atoms with van der Waals surface area (Å²) < 4.78 is 13.2. The van der Waals surface area contributed by atoms with Crippen LogP contribution < -0.4 is 5.59 Å². The topological polar surface area (TPSA) is 34.2 Å². The predicted molar refractivity (Wildman–Crippen MR) is 81.7 cm³/mol. The van der Waals surface area contributed by atoms with Gasteiger partial charge in [0.1, 0.15) is 0 Å². The first kappa shape index (κ1) is 13.2. The van der Waals surface area contributed by atoms with Gasteiger partial charge >= 0.3 is 7.12 Å². The molecule has 1 aliphatic heterocycles. The average Bonchev–Trinajstić information content (AvgIpc) is 2.80. The third kappa shape index (κ3) is 2.04. The zero-order valence-electron chi connectivity index (χ0n) is 11.6. The fourth-order valence-electron chi connectivity index (χ4n) is 2.24. The molecule has 19 heavy (non-hydrogen) atoms. The minimum Gasteiger partial charge on any atom is -0.398 e. The van der Waals surface area contributed by atoms with Crippen molar-refractivity contribution in [2.45, 2.75) is 38.9 Å². The summed E-state index contributed by atoms with van der Waals surface area (Å²) >= 11 is 3.55. The van der Waals surface area contributed by atoms with E-state index in [-0.39, 0.29) is 18.3 Å². The van der Waals surface area contributed by atoms with Crippen LogP contribution >= 0.6 is 15.9 Å². The number of hydrogen-bond donors (Lipinski definition) is 1. The van der Waals surface area contributed by atoms with Crippen molar-refractivity contribution < 1.29 is 9.31 Å². The Balaban J connectivity index is 2.01. The van der Waals surface area contributed by atoms with Gasteiger partial charge < -0.3 is 14.3 Å². The summed E-state index contributed by atoms with van der Waals surface area (Å²) in [6.07, 6.45) is 0. The Kier molecular flexibility index (Phi) is 2.86. The van der Waals surface area contributed by atoms with Crippen molar-refractivity contribution in [3.8, 4) is 0 Å². The van der Waals surface area contributed by atoms with Crippen LogP contribution in [0, 0.1) is 0 Å². The van der Waals surface area contributed by atoms with Crippen molar-refractivity contribution in [3.63, 3.8) is 0 Å². The Hall–Kier alpha value is -0.775. The maximum Gasteiger partial charge on any atom is 0.512 e. The Morgan fingerprint density at radius 1 is 1.11 bits per heavy atom. The number of aromatic amines is 1. The lowest BCUT2D eigenvalue weighted by atomic mass is 9.85. The van der Waals surface area contributed by atoms with Gasteiger partial charge in [-0.05, 0) is 55.8 Å². The number of halogens is 1. The van der Waals surface area contributed by atoms with Gasteiger partial charge in [0.2, 0.25) is 0 Å². The standard InChI is InChI=1S/C14H17BBrNO2/c1-13(2)14(3,4)19-15(18-13)11-8-9-6-5-7-10(16)12(9)17-11/h5-8,17H,1-4H3. The van der Waals surface area contributed by atoms with Gasteiger partial charge in [0, 0.05) is 15.5 Å². The van der Waals surface area contributed by atoms with Gasteiger partial charge in [0.25, 0.3) is 0 Å². The zero-order valence-corrected chi connectivity index (χ0v) is 13.2. The largest absolute Gasteiger partial charge is 0.512 e. The number of rotatable bonds is 1. The molecule has 3 rings (SSSR count). The van der Waals surface area contributed by atoms with E-state index >= 15 is 0 Å². The van der Waals surface area contributed by atoms with Crippen LogP contribution in [0.1, 0.15) is 27.7 Å². The number of nitrogens with one attached hydrogen (secondary N) is 1. The summed E-state index contributed by atoms with van der Waals surface area (Å²) in [5.41, 5.74) is 1.41. The normalized spacial score (nSPS) is 21.2. The van der Waals surface area contributed by atoms with Crippen LogP contribution in [-0.4, -0.2) is 23.3 Å². The molecule has 1 saturated heterocycles. The first-order valence-corrected chi connectivity index (χ1v) is 7.22. The minimum atomic E-state index is -0.343. The molecule has 0 unspecified atom stereocenters. The number of benzene rings is 1. The highest BCUT2D eigenvalue weighted by Gasteiger charge is 2.52. The lowest BCUT2D eigenvalue weighted by Crippen LogP contribution is -2.41. The van der Waals surface area contributed by atoms with E-state index in [4.69, 9.17) is 9.31 Å².